The second-order valence-electron chi connectivity index (χ2n) is 4.05. The van der Waals surface area contributed by atoms with Crippen LogP contribution in [-0.2, 0) is 14.3 Å². The summed E-state index contributed by atoms with van der Waals surface area (Å²) in [7, 11) is 0. The van der Waals surface area contributed by atoms with Crippen LogP contribution in [0.15, 0.2) is 6.08 Å². The summed E-state index contributed by atoms with van der Waals surface area (Å²) in [5.41, 5.74) is 0.649. The first-order valence-electron chi connectivity index (χ1n) is 5.84. The van der Waals surface area contributed by atoms with Crippen LogP contribution in [0.1, 0.15) is 34.2 Å². The molecule has 0 aliphatic heterocycles. The summed E-state index contributed by atoms with van der Waals surface area (Å²) in [6.45, 7) is 4.92. The van der Waals surface area contributed by atoms with Crippen molar-refractivity contribution in [2.24, 2.45) is 0 Å². The number of esters is 1. The summed E-state index contributed by atoms with van der Waals surface area (Å²) >= 11 is 0. The Morgan fingerprint density at radius 1 is 1.25 bits per heavy atom. The third-order valence-electron chi connectivity index (χ3n) is 2.68. The molecule has 0 spiro atoms. The van der Waals surface area contributed by atoms with Gasteiger partial charge in [0.1, 0.15) is 5.69 Å². The number of rotatable bonds is 5. The minimum atomic E-state index is -1.38. The van der Waals surface area contributed by atoms with Crippen molar-refractivity contribution in [2.45, 2.75) is 20.8 Å². The van der Waals surface area contributed by atoms with Gasteiger partial charge in [-0.1, -0.05) is 0 Å². The van der Waals surface area contributed by atoms with Crippen molar-refractivity contribution in [3.8, 4) is 0 Å². The molecule has 1 aromatic heterocycles. The van der Waals surface area contributed by atoms with Crippen LogP contribution in [0.25, 0.3) is 5.57 Å². The monoisotopic (exact) mass is 281 g/mol. The van der Waals surface area contributed by atoms with E-state index < -0.39 is 17.9 Å². The number of aromatic nitrogens is 1. The highest BCUT2D eigenvalue weighted by molar-refractivity contribution is 6.20. The molecule has 0 aliphatic carbocycles. The molecule has 20 heavy (non-hydrogen) atoms. The molecule has 1 aromatic rings. The molecule has 3 N–H and O–H groups in total. The summed E-state index contributed by atoms with van der Waals surface area (Å²) in [5, 5.41) is 17.8. The number of aryl methyl sites for hydroxylation is 1. The van der Waals surface area contributed by atoms with Gasteiger partial charge in [0.25, 0.3) is 0 Å². The molecule has 0 aromatic carbocycles. The van der Waals surface area contributed by atoms with E-state index in [0.29, 0.717) is 17.3 Å². The van der Waals surface area contributed by atoms with E-state index >= 15 is 0 Å². The number of aliphatic carboxylic acids is 2. The number of H-pyrrole nitrogens is 1. The zero-order valence-corrected chi connectivity index (χ0v) is 11.3. The highest BCUT2D eigenvalue weighted by Crippen LogP contribution is 2.26. The number of hydrogen-bond acceptors (Lipinski definition) is 4. The number of carboxylic acids is 2. The van der Waals surface area contributed by atoms with Crippen molar-refractivity contribution >= 4 is 23.5 Å². The summed E-state index contributed by atoms with van der Waals surface area (Å²) in [6.07, 6.45) is 0.598. The quantitative estimate of drug-likeness (QED) is 0.554. The summed E-state index contributed by atoms with van der Waals surface area (Å²) in [6, 6.07) is 0. The molecule has 108 valence electrons. The molecule has 0 saturated carbocycles. The lowest BCUT2D eigenvalue weighted by Gasteiger charge is -2.03. The number of carbonyl (C=O) groups excluding carboxylic acids is 1. The SMILES string of the molecule is CCOC(=O)c1[nH]c(C)c(/C(=C/C(=O)O)C(=O)O)c1C. The summed E-state index contributed by atoms with van der Waals surface area (Å²) in [4.78, 5) is 36.3. The Balaban J connectivity index is 3.42. The van der Waals surface area contributed by atoms with Crippen LogP contribution >= 0.6 is 0 Å². The van der Waals surface area contributed by atoms with E-state index in [0.717, 1.165) is 0 Å². The molecule has 0 atom stereocenters. The Morgan fingerprint density at radius 3 is 2.30 bits per heavy atom. The lowest BCUT2D eigenvalue weighted by molar-refractivity contribution is -0.133. The molecule has 0 aliphatic rings. The number of ether oxygens (including phenoxy) is 1. The van der Waals surface area contributed by atoms with Crippen molar-refractivity contribution in [1.82, 2.24) is 4.98 Å². The Bertz CT molecular complexity index is 596. The van der Waals surface area contributed by atoms with E-state index in [9.17, 15) is 14.4 Å². The summed E-state index contributed by atoms with van der Waals surface area (Å²) < 4.78 is 4.85. The first kappa shape index (κ1) is 15.5. The van der Waals surface area contributed by atoms with E-state index in [-0.39, 0.29) is 23.4 Å². The van der Waals surface area contributed by atoms with Crippen LogP contribution in [0.3, 0.4) is 0 Å². The predicted molar refractivity (Wildman–Crippen MR) is 69.5 cm³/mol. The zero-order valence-electron chi connectivity index (χ0n) is 11.3. The lowest BCUT2D eigenvalue weighted by Crippen LogP contribution is -2.07. The maximum Gasteiger partial charge on any atom is 0.355 e. The summed E-state index contributed by atoms with van der Waals surface area (Å²) in [5.74, 6) is -3.37. The van der Waals surface area contributed by atoms with Crippen LogP contribution in [0.2, 0.25) is 0 Å². The zero-order chi connectivity index (χ0) is 15.4. The van der Waals surface area contributed by atoms with Gasteiger partial charge in [0.2, 0.25) is 0 Å². The van der Waals surface area contributed by atoms with E-state index in [1.807, 2.05) is 0 Å². The number of hydrogen-bond donors (Lipinski definition) is 3. The topological polar surface area (TPSA) is 117 Å². The molecule has 0 amide bonds. The van der Waals surface area contributed by atoms with Crippen molar-refractivity contribution in [3.63, 3.8) is 0 Å². The molecule has 0 bridgehead atoms. The van der Waals surface area contributed by atoms with E-state index in [2.05, 4.69) is 4.98 Å². The van der Waals surface area contributed by atoms with Gasteiger partial charge >= 0.3 is 17.9 Å². The number of carbonyl (C=O) groups is 3. The van der Waals surface area contributed by atoms with Gasteiger partial charge in [0.15, 0.2) is 0 Å². The Kier molecular flexibility index (Phi) is 4.68. The molecule has 1 heterocycles. The maximum absolute atomic E-state index is 11.7. The molecule has 0 radical (unpaired) electrons. The minimum Gasteiger partial charge on any atom is -0.478 e. The number of aromatic amines is 1. The first-order valence-corrected chi connectivity index (χ1v) is 5.84. The molecule has 0 fully saturated rings. The van der Waals surface area contributed by atoms with Gasteiger partial charge in [0.05, 0.1) is 12.2 Å². The average Bonchev–Trinajstić information content (AvgIpc) is 2.62. The van der Waals surface area contributed by atoms with Gasteiger partial charge in [-0.15, -0.1) is 0 Å². The Labute approximate surface area is 114 Å². The molecule has 1 rings (SSSR count). The molecule has 0 saturated heterocycles. The van der Waals surface area contributed by atoms with E-state index in [1.54, 1.807) is 13.8 Å². The van der Waals surface area contributed by atoms with Gasteiger partial charge in [-0.05, 0) is 26.3 Å². The van der Waals surface area contributed by atoms with Gasteiger partial charge in [0, 0.05) is 17.3 Å². The molecule has 7 heteroatoms. The molecule has 0 unspecified atom stereocenters. The number of nitrogens with one attached hydrogen (secondary N) is 1. The predicted octanol–water partition coefficient (Wildman–Crippen LogP) is 1.36. The lowest BCUT2D eigenvalue weighted by atomic mass is 10.0. The van der Waals surface area contributed by atoms with E-state index in [1.165, 1.54) is 6.92 Å². The van der Waals surface area contributed by atoms with Gasteiger partial charge in [-0.2, -0.15) is 0 Å². The largest absolute Gasteiger partial charge is 0.478 e. The minimum absolute atomic E-state index is 0.122. The van der Waals surface area contributed by atoms with Crippen molar-refractivity contribution < 1.29 is 29.3 Å². The van der Waals surface area contributed by atoms with Crippen molar-refractivity contribution in [1.29, 1.82) is 0 Å². The normalized spacial score (nSPS) is 11.2. The smallest absolute Gasteiger partial charge is 0.355 e. The van der Waals surface area contributed by atoms with Crippen LogP contribution < -0.4 is 0 Å². The third kappa shape index (κ3) is 3.05. The van der Waals surface area contributed by atoms with Crippen molar-refractivity contribution in [3.05, 3.63) is 28.6 Å². The standard InChI is InChI=1S/C13H15NO6/c1-4-20-13(19)11-6(2)10(7(3)14-11)8(12(17)18)5-9(15)16/h5,14H,4H2,1-3H3,(H,15,16)(H,17,18)/b8-5-. The molecular weight excluding hydrogens is 266 g/mol. The third-order valence-corrected chi connectivity index (χ3v) is 2.68. The van der Waals surface area contributed by atoms with Gasteiger partial charge in [-0.25, -0.2) is 14.4 Å². The second kappa shape index (κ2) is 6.05. The van der Waals surface area contributed by atoms with Gasteiger partial charge in [-0.3, -0.25) is 0 Å². The fraction of sp³-hybridized carbons (Fsp3) is 0.308. The highest BCUT2D eigenvalue weighted by atomic mass is 16.5. The van der Waals surface area contributed by atoms with Crippen LogP contribution in [0.5, 0.6) is 0 Å². The van der Waals surface area contributed by atoms with Crippen molar-refractivity contribution in [2.75, 3.05) is 6.61 Å². The maximum atomic E-state index is 11.7. The van der Waals surface area contributed by atoms with E-state index in [4.69, 9.17) is 14.9 Å². The van der Waals surface area contributed by atoms with Gasteiger partial charge < -0.3 is 19.9 Å². The fourth-order valence-electron chi connectivity index (χ4n) is 1.93. The fourth-order valence-corrected chi connectivity index (χ4v) is 1.93. The highest BCUT2D eigenvalue weighted by Gasteiger charge is 2.24. The number of carboxylic acid groups (broad SMARTS) is 2. The van der Waals surface area contributed by atoms with Crippen LogP contribution in [0, 0.1) is 13.8 Å². The van der Waals surface area contributed by atoms with Crippen LogP contribution in [0.4, 0.5) is 0 Å². The second-order valence-corrected chi connectivity index (χ2v) is 4.05. The molecule has 7 nitrogen and oxygen atoms in total. The molecular formula is C13H15NO6. The van der Waals surface area contributed by atoms with Crippen LogP contribution in [-0.4, -0.2) is 39.7 Å². The average molecular weight is 281 g/mol. The Hall–Kier alpha value is -2.57. The first-order chi connectivity index (χ1) is 9.29. The Morgan fingerprint density at radius 2 is 1.85 bits per heavy atom.